The van der Waals surface area contributed by atoms with Crippen molar-refractivity contribution in [1.29, 1.82) is 0 Å². The maximum atomic E-state index is 6.28. The maximum absolute atomic E-state index is 6.28. The van der Waals surface area contributed by atoms with Gasteiger partial charge in [-0.05, 0) is 55.8 Å². The lowest BCUT2D eigenvalue weighted by molar-refractivity contribution is 0.00578. The Hall–Kier alpha value is -0.225. The highest BCUT2D eigenvalue weighted by Crippen LogP contribution is 2.38. The summed E-state index contributed by atoms with van der Waals surface area (Å²) in [7, 11) is 1.13. The fourth-order valence-corrected chi connectivity index (χ4v) is 2.74. The quantitative estimate of drug-likeness (QED) is 0.768. The molecule has 0 unspecified atom stereocenters. The SMILES string of the molecule is COc1cc(B2OC(C)(C)C(C)(C)O2)c(Cl)cc1Br. The summed E-state index contributed by atoms with van der Waals surface area (Å²) in [5, 5.41) is 0.589. The molecule has 0 aliphatic carbocycles. The third-order valence-corrected chi connectivity index (χ3v) is 4.73. The second kappa shape index (κ2) is 4.95. The molecule has 6 heteroatoms. The summed E-state index contributed by atoms with van der Waals surface area (Å²) >= 11 is 9.68. The van der Waals surface area contributed by atoms with Gasteiger partial charge in [0.1, 0.15) is 5.75 Å². The van der Waals surface area contributed by atoms with Crippen molar-refractivity contribution in [2.24, 2.45) is 0 Å². The third kappa shape index (κ3) is 2.66. The normalized spacial score (nSPS) is 20.7. The Kier molecular flexibility index (Phi) is 3.96. The summed E-state index contributed by atoms with van der Waals surface area (Å²) in [5.41, 5.74) is 0.00293. The van der Waals surface area contributed by atoms with Crippen LogP contribution in [0.3, 0.4) is 0 Å². The van der Waals surface area contributed by atoms with Gasteiger partial charge >= 0.3 is 7.12 Å². The molecule has 0 atom stereocenters. The van der Waals surface area contributed by atoms with Crippen molar-refractivity contribution < 1.29 is 14.0 Å². The van der Waals surface area contributed by atoms with Crippen molar-refractivity contribution >= 4 is 40.1 Å². The van der Waals surface area contributed by atoms with E-state index in [0.717, 1.165) is 9.94 Å². The number of ether oxygens (including phenoxy) is 1. The first-order chi connectivity index (χ1) is 8.68. The lowest BCUT2D eigenvalue weighted by Gasteiger charge is -2.32. The number of halogens is 2. The topological polar surface area (TPSA) is 27.7 Å². The van der Waals surface area contributed by atoms with Crippen LogP contribution in [-0.4, -0.2) is 25.4 Å². The molecule has 104 valence electrons. The number of rotatable bonds is 2. The molecule has 0 aromatic heterocycles. The van der Waals surface area contributed by atoms with Crippen LogP contribution in [0.25, 0.3) is 0 Å². The number of hydrogen-bond acceptors (Lipinski definition) is 3. The van der Waals surface area contributed by atoms with Crippen molar-refractivity contribution in [2.45, 2.75) is 38.9 Å². The highest BCUT2D eigenvalue weighted by atomic mass is 79.9. The Labute approximate surface area is 127 Å². The minimum atomic E-state index is -0.487. The predicted octanol–water partition coefficient (Wildman–Crippen LogP) is 3.41. The Balaban J connectivity index is 2.39. The van der Waals surface area contributed by atoms with Gasteiger partial charge in [-0.1, -0.05) is 11.6 Å². The molecule has 1 aliphatic heterocycles. The summed E-state index contributed by atoms with van der Waals surface area (Å²) in [5.74, 6) is 0.703. The second-order valence-corrected chi connectivity index (χ2v) is 6.86. The average molecular weight is 347 g/mol. The van der Waals surface area contributed by atoms with Crippen LogP contribution in [0.2, 0.25) is 5.02 Å². The Bertz CT molecular complexity index is 489. The Morgan fingerprint density at radius 3 is 2.16 bits per heavy atom. The molecular weight excluding hydrogens is 330 g/mol. The zero-order chi connectivity index (χ0) is 14.4. The molecule has 1 saturated heterocycles. The highest BCUT2D eigenvalue weighted by molar-refractivity contribution is 9.10. The first-order valence-corrected chi connectivity index (χ1v) is 7.23. The molecule has 19 heavy (non-hydrogen) atoms. The van der Waals surface area contributed by atoms with E-state index < -0.39 is 7.12 Å². The fraction of sp³-hybridized carbons (Fsp3) is 0.538. The standard InChI is InChI=1S/C13H17BBrClO3/c1-12(2)13(3,4)19-14(18-12)8-6-11(17-5)9(15)7-10(8)16/h6-7H,1-5H3. The van der Waals surface area contributed by atoms with E-state index in [9.17, 15) is 0 Å². The van der Waals surface area contributed by atoms with E-state index in [1.165, 1.54) is 0 Å². The van der Waals surface area contributed by atoms with Gasteiger partial charge in [-0.25, -0.2) is 0 Å². The molecule has 1 aliphatic rings. The lowest BCUT2D eigenvalue weighted by Crippen LogP contribution is -2.41. The van der Waals surface area contributed by atoms with Gasteiger partial charge in [0, 0.05) is 10.5 Å². The van der Waals surface area contributed by atoms with E-state index >= 15 is 0 Å². The minimum Gasteiger partial charge on any atom is -0.496 e. The molecule has 0 saturated carbocycles. The van der Waals surface area contributed by atoms with Gasteiger partial charge < -0.3 is 14.0 Å². The van der Waals surface area contributed by atoms with Crippen LogP contribution < -0.4 is 10.2 Å². The van der Waals surface area contributed by atoms with Crippen LogP contribution in [0, 0.1) is 0 Å². The molecular formula is C13H17BBrClO3. The van der Waals surface area contributed by atoms with Crippen LogP contribution in [-0.2, 0) is 9.31 Å². The van der Waals surface area contributed by atoms with Crippen LogP contribution in [0.15, 0.2) is 16.6 Å². The highest BCUT2D eigenvalue weighted by Gasteiger charge is 2.52. The maximum Gasteiger partial charge on any atom is 0.496 e. The molecule has 1 fully saturated rings. The zero-order valence-corrected chi connectivity index (χ0v) is 14.1. The predicted molar refractivity (Wildman–Crippen MR) is 81.4 cm³/mol. The Morgan fingerprint density at radius 2 is 1.68 bits per heavy atom. The second-order valence-electron chi connectivity index (χ2n) is 5.60. The van der Waals surface area contributed by atoms with Crippen molar-refractivity contribution in [3.8, 4) is 5.75 Å². The largest absolute Gasteiger partial charge is 0.496 e. The van der Waals surface area contributed by atoms with E-state index in [1.807, 2.05) is 33.8 Å². The first kappa shape index (κ1) is 15.2. The molecule has 0 radical (unpaired) electrons. The lowest BCUT2D eigenvalue weighted by atomic mass is 9.79. The Morgan fingerprint density at radius 1 is 1.16 bits per heavy atom. The van der Waals surface area contributed by atoms with Crippen LogP contribution in [0.5, 0.6) is 5.75 Å². The van der Waals surface area contributed by atoms with Gasteiger partial charge in [-0.2, -0.15) is 0 Å². The smallest absolute Gasteiger partial charge is 0.496 e. The summed E-state index contributed by atoms with van der Waals surface area (Å²) in [4.78, 5) is 0. The van der Waals surface area contributed by atoms with E-state index in [0.29, 0.717) is 10.8 Å². The van der Waals surface area contributed by atoms with Gasteiger partial charge in [0.2, 0.25) is 0 Å². The first-order valence-electron chi connectivity index (χ1n) is 6.06. The zero-order valence-electron chi connectivity index (χ0n) is 11.7. The molecule has 1 aromatic carbocycles. The van der Waals surface area contributed by atoms with Gasteiger partial charge in [-0.15, -0.1) is 0 Å². The van der Waals surface area contributed by atoms with Gasteiger partial charge in [-0.3, -0.25) is 0 Å². The van der Waals surface area contributed by atoms with E-state index in [-0.39, 0.29) is 11.2 Å². The number of methoxy groups -OCH3 is 1. The summed E-state index contributed by atoms with van der Waals surface area (Å²) in [6.45, 7) is 8.04. The van der Waals surface area contributed by atoms with Crippen LogP contribution in [0.4, 0.5) is 0 Å². The van der Waals surface area contributed by atoms with Crippen molar-refractivity contribution in [1.82, 2.24) is 0 Å². The summed E-state index contributed by atoms with van der Waals surface area (Å²) < 4.78 is 18.1. The van der Waals surface area contributed by atoms with Gasteiger partial charge in [0.05, 0.1) is 22.8 Å². The number of hydrogen-bond donors (Lipinski definition) is 0. The van der Waals surface area contributed by atoms with Crippen molar-refractivity contribution in [3.05, 3.63) is 21.6 Å². The van der Waals surface area contributed by atoms with Crippen molar-refractivity contribution in [2.75, 3.05) is 7.11 Å². The molecule has 3 nitrogen and oxygen atoms in total. The summed E-state index contributed by atoms with van der Waals surface area (Å²) in [6.07, 6.45) is 0. The van der Waals surface area contributed by atoms with E-state index in [4.69, 9.17) is 25.6 Å². The van der Waals surface area contributed by atoms with Crippen LogP contribution in [0.1, 0.15) is 27.7 Å². The minimum absolute atomic E-state index is 0.388. The molecule has 0 spiro atoms. The molecule has 1 heterocycles. The van der Waals surface area contributed by atoms with Crippen LogP contribution >= 0.6 is 27.5 Å². The number of benzene rings is 1. The van der Waals surface area contributed by atoms with Gasteiger partial charge in [0.15, 0.2) is 0 Å². The molecule has 0 amide bonds. The fourth-order valence-electron chi connectivity index (χ4n) is 1.85. The van der Waals surface area contributed by atoms with E-state index in [2.05, 4.69) is 15.9 Å². The van der Waals surface area contributed by atoms with Gasteiger partial charge in [0.25, 0.3) is 0 Å². The van der Waals surface area contributed by atoms with Crippen molar-refractivity contribution in [3.63, 3.8) is 0 Å². The molecule has 0 bridgehead atoms. The molecule has 1 aromatic rings. The molecule has 2 rings (SSSR count). The third-order valence-electron chi connectivity index (χ3n) is 3.78. The average Bonchev–Trinajstić information content (AvgIpc) is 2.48. The molecule has 0 N–H and O–H groups in total. The van der Waals surface area contributed by atoms with E-state index in [1.54, 1.807) is 13.2 Å². The monoisotopic (exact) mass is 346 g/mol. The summed E-state index contributed by atoms with van der Waals surface area (Å²) in [6, 6.07) is 3.63.